The van der Waals surface area contributed by atoms with E-state index in [2.05, 4.69) is 5.32 Å². The zero-order chi connectivity index (χ0) is 14.6. The monoisotopic (exact) mass is 288 g/mol. The van der Waals surface area contributed by atoms with Crippen LogP contribution in [0, 0.1) is 23.0 Å². The van der Waals surface area contributed by atoms with Gasteiger partial charge in [-0.15, -0.1) is 0 Å². The molecule has 1 atom stereocenters. The van der Waals surface area contributed by atoms with Crippen molar-refractivity contribution in [1.82, 2.24) is 5.32 Å². The van der Waals surface area contributed by atoms with E-state index >= 15 is 0 Å². The summed E-state index contributed by atoms with van der Waals surface area (Å²) in [6.45, 7) is 1.34. The smallest absolute Gasteiger partial charge is 0.255 e. The van der Waals surface area contributed by atoms with Gasteiger partial charge in [-0.1, -0.05) is 11.6 Å². The lowest BCUT2D eigenvalue weighted by Gasteiger charge is -2.22. The molecule has 0 spiro atoms. The molecule has 0 heterocycles. The number of nitrogens with zero attached hydrogens (tertiary/aromatic N) is 1. The first-order valence-corrected chi connectivity index (χ1v) is 5.58. The van der Waals surface area contributed by atoms with Gasteiger partial charge in [-0.2, -0.15) is 5.26 Å². The lowest BCUT2D eigenvalue weighted by molar-refractivity contribution is 0.0856. The largest absolute Gasteiger partial charge is 0.381 e. The molecule has 0 radical (unpaired) electrons. The van der Waals surface area contributed by atoms with Gasteiger partial charge in [-0.3, -0.25) is 4.79 Å². The van der Waals surface area contributed by atoms with Crippen LogP contribution >= 0.6 is 11.6 Å². The number of hydrogen-bond donors (Lipinski definition) is 1. The highest BCUT2D eigenvalue weighted by molar-refractivity contribution is 6.31. The summed E-state index contributed by atoms with van der Waals surface area (Å²) in [5.74, 6) is -3.01. The number of carbonyl (C=O) groups is 1. The fourth-order valence-electron chi connectivity index (χ4n) is 1.40. The van der Waals surface area contributed by atoms with Gasteiger partial charge in [0.15, 0.2) is 5.82 Å². The lowest BCUT2D eigenvalue weighted by atomic mass is 10.1. The molecule has 0 aromatic heterocycles. The highest BCUT2D eigenvalue weighted by atomic mass is 35.5. The van der Waals surface area contributed by atoms with Crippen molar-refractivity contribution < 1.29 is 18.3 Å². The second kappa shape index (κ2) is 5.95. The van der Waals surface area contributed by atoms with Crippen LogP contribution in [0.2, 0.25) is 5.02 Å². The molecule has 0 saturated heterocycles. The number of nitriles is 1. The highest BCUT2D eigenvalue weighted by Gasteiger charge is 2.28. The predicted molar refractivity (Wildman–Crippen MR) is 64.7 cm³/mol. The van der Waals surface area contributed by atoms with Crippen LogP contribution in [0.25, 0.3) is 0 Å². The van der Waals surface area contributed by atoms with Crippen molar-refractivity contribution in [3.05, 3.63) is 34.4 Å². The van der Waals surface area contributed by atoms with E-state index in [9.17, 15) is 13.6 Å². The van der Waals surface area contributed by atoms with Gasteiger partial charge in [0.1, 0.15) is 16.4 Å². The first kappa shape index (κ1) is 15.3. The highest BCUT2D eigenvalue weighted by Crippen LogP contribution is 2.22. The minimum Gasteiger partial charge on any atom is -0.381 e. The van der Waals surface area contributed by atoms with Gasteiger partial charge in [0.25, 0.3) is 5.91 Å². The van der Waals surface area contributed by atoms with Crippen LogP contribution in [-0.4, -0.2) is 25.2 Å². The van der Waals surface area contributed by atoms with E-state index in [0.717, 1.165) is 12.1 Å². The molecule has 0 bridgehead atoms. The number of ether oxygens (including phenoxy) is 1. The molecule has 1 aromatic carbocycles. The first-order chi connectivity index (χ1) is 8.84. The zero-order valence-electron chi connectivity index (χ0n) is 10.3. The minimum absolute atomic E-state index is 0.0776. The number of carbonyl (C=O) groups excluding carboxylic acids is 1. The van der Waals surface area contributed by atoms with E-state index in [1.165, 1.54) is 14.0 Å². The Morgan fingerprint density at radius 1 is 1.58 bits per heavy atom. The maximum absolute atomic E-state index is 13.6. The Morgan fingerprint density at radius 3 is 2.74 bits per heavy atom. The van der Waals surface area contributed by atoms with Crippen LogP contribution in [0.5, 0.6) is 0 Å². The topological polar surface area (TPSA) is 62.1 Å². The number of amides is 1. The molecule has 1 N–H and O–H groups in total. The first-order valence-electron chi connectivity index (χ1n) is 5.21. The Balaban J connectivity index is 3.03. The Kier molecular flexibility index (Phi) is 4.81. The van der Waals surface area contributed by atoms with Crippen molar-refractivity contribution >= 4 is 17.5 Å². The van der Waals surface area contributed by atoms with Gasteiger partial charge < -0.3 is 10.1 Å². The van der Waals surface area contributed by atoms with Crippen LogP contribution in [-0.2, 0) is 4.74 Å². The van der Waals surface area contributed by atoms with Gasteiger partial charge in [-0.05, 0) is 19.1 Å². The molecule has 0 unspecified atom stereocenters. The molecular weight excluding hydrogens is 278 g/mol. The Morgan fingerprint density at radius 2 is 2.21 bits per heavy atom. The fraction of sp³-hybridized carbons (Fsp3) is 0.333. The zero-order valence-corrected chi connectivity index (χ0v) is 11.0. The molecule has 1 amide bonds. The number of methoxy groups -OCH3 is 1. The van der Waals surface area contributed by atoms with Crippen LogP contribution < -0.4 is 5.32 Å². The standard InChI is InChI=1S/C12H11ClF2N2O2/c1-12(5-16,6-19-2)17-11(18)7-3-4-8(14)9(13)10(7)15/h3-4H,6H2,1-2H3,(H,17,18)/t12-/m1/s1. The third kappa shape index (κ3) is 3.40. The van der Waals surface area contributed by atoms with Crippen LogP contribution in [0.4, 0.5) is 8.78 Å². The van der Waals surface area contributed by atoms with E-state index in [4.69, 9.17) is 21.6 Å². The second-order valence-corrected chi connectivity index (χ2v) is 4.43. The Labute approximate surface area is 113 Å². The van der Waals surface area contributed by atoms with Gasteiger partial charge in [0, 0.05) is 7.11 Å². The van der Waals surface area contributed by atoms with Crippen LogP contribution in [0.15, 0.2) is 12.1 Å². The Hall–Kier alpha value is -1.71. The fourth-order valence-corrected chi connectivity index (χ4v) is 1.57. The minimum atomic E-state index is -1.32. The summed E-state index contributed by atoms with van der Waals surface area (Å²) in [5, 5.41) is 10.5. The number of hydrogen-bond acceptors (Lipinski definition) is 3. The number of rotatable bonds is 4. The summed E-state index contributed by atoms with van der Waals surface area (Å²) in [6.07, 6.45) is 0. The van der Waals surface area contributed by atoms with Crippen LogP contribution in [0.3, 0.4) is 0 Å². The average molecular weight is 289 g/mol. The summed E-state index contributed by atoms with van der Waals surface area (Å²) in [7, 11) is 1.36. The van der Waals surface area contributed by atoms with Gasteiger partial charge >= 0.3 is 0 Å². The van der Waals surface area contributed by atoms with Crippen molar-refractivity contribution in [3.8, 4) is 6.07 Å². The molecule has 0 aliphatic rings. The lowest BCUT2D eigenvalue weighted by Crippen LogP contribution is -2.48. The number of nitrogens with one attached hydrogen (secondary N) is 1. The second-order valence-electron chi connectivity index (χ2n) is 4.05. The van der Waals surface area contributed by atoms with Gasteiger partial charge in [0.2, 0.25) is 0 Å². The van der Waals surface area contributed by atoms with Crippen molar-refractivity contribution in [1.29, 1.82) is 5.26 Å². The van der Waals surface area contributed by atoms with Crippen molar-refractivity contribution in [2.24, 2.45) is 0 Å². The normalized spacial score (nSPS) is 13.5. The molecule has 7 heteroatoms. The van der Waals surface area contributed by atoms with Crippen LogP contribution in [0.1, 0.15) is 17.3 Å². The van der Waals surface area contributed by atoms with Crippen molar-refractivity contribution in [2.75, 3.05) is 13.7 Å². The van der Waals surface area contributed by atoms with E-state index in [1.54, 1.807) is 0 Å². The molecule has 1 rings (SSSR count). The van der Waals surface area contributed by atoms with Gasteiger partial charge in [0.05, 0.1) is 18.2 Å². The number of benzene rings is 1. The average Bonchev–Trinajstić information content (AvgIpc) is 2.36. The van der Waals surface area contributed by atoms with E-state index in [1.807, 2.05) is 6.07 Å². The molecule has 0 fully saturated rings. The summed E-state index contributed by atoms with van der Waals surface area (Å²) < 4.78 is 31.4. The third-order valence-electron chi connectivity index (χ3n) is 2.35. The molecule has 102 valence electrons. The van der Waals surface area contributed by atoms with E-state index in [-0.39, 0.29) is 6.61 Å². The molecule has 1 aromatic rings. The molecule has 4 nitrogen and oxygen atoms in total. The van der Waals surface area contributed by atoms with Crippen molar-refractivity contribution in [2.45, 2.75) is 12.5 Å². The van der Waals surface area contributed by atoms with E-state index in [0.29, 0.717) is 0 Å². The molecular formula is C12H11ClF2N2O2. The number of halogens is 3. The predicted octanol–water partition coefficient (Wildman–Crippen LogP) is 2.28. The summed E-state index contributed by atoms with van der Waals surface area (Å²) >= 11 is 5.37. The SMILES string of the molecule is COC[C@@](C)(C#N)NC(=O)c1ccc(F)c(Cl)c1F. The summed E-state index contributed by atoms with van der Waals surface area (Å²) in [5.41, 5.74) is -1.76. The maximum atomic E-state index is 13.6. The summed E-state index contributed by atoms with van der Waals surface area (Å²) in [6, 6.07) is 3.67. The Bertz CT molecular complexity index is 545. The third-order valence-corrected chi connectivity index (χ3v) is 2.70. The van der Waals surface area contributed by atoms with Gasteiger partial charge in [-0.25, -0.2) is 8.78 Å². The summed E-state index contributed by atoms with van der Waals surface area (Å²) in [4.78, 5) is 11.8. The molecule has 0 aliphatic heterocycles. The molecule has 0 saturated carbocycles. The van der Waals surface area contributed by atoms with Crippen molar-refractivity contribution in [3.63, 3.8) is 0 Å². The van der Waals surface area contributed by atoms with E-state index < -0.39 is 33.7 Å². The maximum Gasteiger partial charge on any atom is 0.255 e. The molecule has 0 aliphatic carbocycles. The molecule has 19 heavy (non-hydrogen) atoms. The quantitative estimate of drug-likeness (QED) is 0.865.